The van der Waals surface area contributed by atoms with E-state index < -0.39 is 0 Å². The van der Waals surface area contributed by atoms with E-state index in [2.05, 4.69) is 38.1 Å². The Morgan fingerprint density at radius 1 is 1.18 bits per heavy atom. The monoisotopic (exact) mass is 303 g/mol. The van der Waals surface area contributed by atoms with Crippen LogP contribution in [0.15, 0.2) is 0 Å². The maximum Gasteiger partial charge on any atom is 0.0628 e. The van der Waals surface area contributed by atoms with Crippen molar-refractivity contribution < 1.29 is 0 Å². The molecule has 22 heavy (non-hydrogen) atoms. The normalized spacial score (nSPS) is 30.0. The van der Waals surface area contributed by atoms with Crippen LogP contribution in [0.3, 0.4) is 0 Å². The summed E-state index contributed by atoms with van der Waals surface area (Å²) in [5, 5.41) is 8.38. The van der Waals surface area contributed by atoms with Crippen molar-refractivity contribution in [2.24, 2.45) is 24.8 Å². The second kappa shape index (κ2) is 6.35. The number of nitrogens with one attached hydrogen (secondary N) is 1. The van der Waals surface area contributed by atoms with Crippen molar-refractivity contribution in [3.05, 3.63) is 17.0 Å². The van der Waals surface area contributed by atoms with Crippen molar-refractivity contribution in [1.82, 2.24) is 15.1 Å². The van der Waals surface area contributed by atoms with E-state index >= 15 is 0 Å². The Labute approximate surface area is 135 Å². The molecule has 1 aromatic heterocycles. The minimum atomic E-state index is 0.523. The van der Waals surface area contributed by atoms with Crippen molar-refractivity contribution in [2.75, 3.05) is 0 Å². The van der Waals surface area contributed by atoms with Gasteiger partial charge >= 0.3 is 0 Å². The van der Waals surface area contributed by atoms with E-state index in [1.807, 2.05) is 11.7 Å². The van der Waals surface area contributed by atoms with Crippen molar-refractivity contribution in [2.45, 2.75) is 78.3 Å². The predicted molar refractivity (Wildman–Crippen MR) is 92.0 cm³/mol. The van der Waals surface area contributed by atoms with Gasteiger partial charge in [-0.2, -0.15) is 5.10 Å². The minimum absolute atomic E-state index is 0.523. The molecular formula is C19H33N3. The van der Waals surface area contributed by atoms with Gasteiger partial charge in [-0.15, -0.1) is 0 Å². The van der Waals surface area contributed by atoms with E-state index in [9.17, 15) is 0 Å². The number of aromatic nitrogens is 2. The Morgan fingerprint density at radius 3 is 2.50 bits per heavy atom. The Hall–Kier alpha value is -0.830. The molecule has 3 nitrogen and oxygen atoms in total. The molecule has 124 valence electrons. The minimum Gasteiger partial charge on any atom is -0.311 e. The van der Waals surface area contributed by atoms with Crippen molar-refractivity contribution >= 4 is 0 Å². The highest BCUT2D eigenvalue weighted by Gasteiger charge is 2.39. The molecule has 1 heterocycles. The van der Waals surface area contributed by atoms with Gasteiger partial charge in [-0.05, 0) is 83.1 Å². The summed E-state index contributed by atoms with van der Waals surface area (Å²) in [4.78, 5) is 0. The first-order chi connectivity index (χ1) is 10.4. The van der Waals surface area contributed by atoms with Crippen LogP contribution in [0, 0.1) is 31.6 Å². The van der Waals surface area contributed by atoms with Crippen molar-refractivity contribution in [3.8, 4) is 0 Å². The molecule has 2 aliphatic rings. The topological polar surface area (TPSA) is 29.9 Å². The Morgan fingerprint density at radius 2 is 1.95 bits per heavy atom. The van der Waals surface area contributed by atoms with Gasteiger partial charge in [0.2, 0.25) is 0 Å². The van der Waals surface area contributed by atoms with Crippen molar-refractivity contribution in [1.29, 1.82) is 0 Å². The van der Waals surface area contributed by atoms with E-state index in [4.69, 9.17) is 0 Å². The maximum atomic E-state index is 4.54. The second-order valence-corrected chi connectivity index (χ2v) is 8.12. The molecule has 2 bridgehead atoms. The molecule has 3 rings (SSSR count). The molecule has 5 atom stereocenters. The molecule has 2 saturated carbocycles. The summed E-state index contributed by atoms with van der Waals surface area (Å²) >= 11 is 0. The third-order valence-corrected chi connectivity index (χ3v) is 6.28. The van der Waals surface area contributed by atoms with Crippen LogP contribution in [0.5, 0.6) is 0 Å². The van der Waals surface area contributed by atoms with Gasteiger partial charge in [0.1, 0.15) is 0 Å². The summed E-state index contributed by atoms with van der Waals surface area (Å²) in [6.07, 6.45) is 8.51. The third-order valence-electron chi connectivity index (χ3n) is 6.28. The number of nitrogens with zero attached hydrogens (tertiary/aromatic N) is 2. The highest BCUT2D eigenvalue weighted by molar-refractivity contribution is 5.25. The summed E-state index contributed by atoms with van der Waals surface area (Å²) in [7, 11) is 2.04. The Bertz CT molecular complexity index is 519. The van der Waals surface area contributed by atoms with Gasteiger partial charge in [-0.3, -0.25) is 4.68 Å². The molecule has 2 aliphatic carbocycles. The summed E-state index contributed by atoms with van der Waals surface area (Å²) < 4.78 is 2.01. The lowest BCUT2D eigenvalue weighted by Gasteiger charge is -2.27. The van der Waals surface area contributed by atoms with E-state index in [0.29, 0.717) is 12.1 Å². The summed E-state index contributed by atoms with van der Waals surface area (Å²) in [5.41, 5.74) is 3.93. The summed E-state index contributed by atoms with van der Waals surface area (Å²) in [5.74, 6) is 3.11. The van der Waals surface area contributed by atoms with E-state index in [1.54, 1.807) is 0 Å². The first kappa shape index (κ1) is 16.0. The zero-order valence-electron chi connectivity index (χ0n) is 15.0. The summed E-state index contributed by atoms with van der Waals surface area (Å²) in [6, 6.07) is 1.16. The maximum absolute atomic E-state index is 4.54. The second-order valence-electron chi connectivity index (χ2n) is 8.12. The molecule has 1 aromatic rings. The van der Waals surface area contributed by atoms with Crippen LogP contribution >= 0.6 is 0 Å². The predicted octanol–water partition coefficient (Wildman–Crippen LogP) is 3.77. The van der Waals surface area contributed by atoms with E-state index in [-0.39, 0.29) is 0 Å². The SMILES string of the molecule is Cc1nn(C)c(C)c1C[C@H](C)N[C@@H](C)C[C@H]1C[C@H]2CC[C@H]1C2. The smallest absolute Gasteiger partial charge is 0.0628 e. The lowest BCUT2D eigenvalue weighted by Crippen LogP contribution is -2.37. The zero-order valence-corrected chi connectivity index (χ0v) is 15.0. The number of aryl methyl sites for hydroxylation is 2. The van der Waals surface area contributed by atoms with Crippen LogP contribution in [0.1, 0.15) is 62.9 Å². The fourth-order valence-electron chi connectivity index (χ4n) is 5.15. The first-order valence-corrected chi connectivity index (χ1v) is 9.19. The molecule has 1 N–H and O–H groups in total. The average Bonchev–Trinajstić information content (AvgIpc) is 3.10. The van der Waals surface area contributed by atoms with Crippen LogP contribution in [0.2, 0.25) is 0 Å². The number of hydrogen-bond acceptors (Lipinski definition) is 2. The number of rotatable bonds is 6. The molecular weight excluding hydrogens is 270 g/mol. The Kier molecular flexibility index (Phi) is 4.63. The van der Waals surface area contributed by atoms with Gasteiger partial charge < -0.3 is 5.32 Å². The van der Waals surface area contributed by atoms with Crippen LogP contribution in [-0.4, -0.2) is 21.9 Å². The molecule has 0 saturated heterocycles. The van der Waals surface area contributed by atoms with E-state index in [0.717, 1.165) is 24.2 Å². The average molecular weight is 303 g/mol. The zero-order chi connectivity index (χ0) is 15.9. The fraction of sp³-hybridized carbons (Fsp3) is 0.842. The quantitative estimate of drug-likeness (QED) is 0.867. The van der Waals surface area contributed by atoms with Gasteiger partial charge in [0.05, 0.1) is 5.69 Å². The van der Waals surface area contributed by atoms with Crippen LogP contribution in [0.4, 0.5) is 0 Å². The molecule has 0 amide bonds. The van der Waals surface area contributed by atoms with E-state index in [1.165, 1.54) is 49.1 Å². The standard InChI is InChI=1S/C19H33N3/c1-12(8-18-11-16-6-7-17(18)10-16)20-13(2)9-19-14(3)21-22(5)15(19)4/h12-13,16-18,20H,6-11H2,1-5H3/t12-,13-,16-,17-,18-/m0/s1. The largest absolute Gasteiger partial charge is 0.311 e. The molecule has 0 aliphatic heterocycles. The van der Waals surface area contributed by atoms with Crippen molar-refractivity contribution in [3.63, 3.8) is 0 Å². The molecule has 0 unspecified atom stereocenters. The van der Waals surface area contributed by atoms with Crippen LogP contribution in [0.25, 0.3) is 0 Å². The van der Waals surface area contributed by atoms with Crippen LogP contribution < -0.4 is 5.32 Å². The number of hydrogen-bond donors (Lipinski definition) is 1. The number of fused-ring (bicyclic) bond motifs is 2. The fourth-order valence-corrected chi connectivity index (χ4v) is 5.15. The lowest BCUT2D eigenvalue weighted by atomic mass is 9.84. The Balaban J connectivity index is 1.49. The highest BCUT2D eigenvalue weighted by Crippen LogP contribution is 2.49. The lowest BCUT2D eigenvalue weighted by molar-refractivity contribution is 0.276. The molecule has 2 fully saturated rings. The first-order valence-electron chi connectivity index (χ1n) is 9.19. The van der Waals surface area contributed by atoms with Gasteiger partial charge in [-0.25, -0.2) is 0 Å². The highest BCUT2D eigenvalue weighted by atomic mass is 15.3. The van der Waals surface area contributed by atoms with Gasteiger partial charge in [0.15, 0.2) is 0 Å². The van der Waals surface area contributed by atoms with Crippen LogP contribution in [-0.2, 0) is 13.5 Å². The van der Waals surface area contributed by atoms with Gasteiger partial charge in [-0.1, -0.05) is 6.42 Å². The third kappa shape index (κ3) is 3.24. The molecule has 0 aromatic carbocycles. The summed E-state index contributed by atoms with van der Waals surface area (Å²) in [6.45, 7) is 9.02. The molecule has 0 spiro atoms. The molecule has 3 heteroatoms. The molecule has 0 radical (unpaired) electrons. The van der Waals surface area contributed by atoms with Gasteiger partial charge in [0, 0.05) is 24.8 Å². The van der Waals surface area contributed by atoms with Gasteiger partial charge in [0.25, 0.3) is 0 Å².